The standard InChI is InChI=1S/C8H11ClN2O3/c1-4-5(3-6(12)8(13)14)7(9)11(2)10-4/h6,12H,3H2,1-2H3,(H,13,14). The Hall–Kier alpha value is -1.07. The average Bonchev–Trinajstić information content (AvgIpc) is 2.32. The SMILES string of the molecule is Cc1nn(C)c(Cl)c1CC(O)C(=O)O. The minimum absolute atomic E-state index is 0.0200. The number of carboxylic acids is 1. The number of carbonyl (C=O) groups is 1. The van der Waals surface area contributed by atoms with E-state index in [2.05, 4.69) is 5.10 Å². The topological polar surface area (TPSA) is 75.3 Å². The lowest BCUT2D eigenvalue weighted by Gasteiger charge is -2.04. The maximum atomic E-state index is 10.4. The Morgan fingerprint density at radius 3 is 2.64 bits per heavy atom. The van der Waals surface area contributed by atoms with Crippen LogP contribution in [0, 0.1) is 6.92 Å². The zero-order chi connectivity index (χ0) is 10.9. The Morgan fingerprint density at radius 1 is 1.71 bits per heavy atom. The highest BCUT2D eigenvalue weighted by molar-refractivity contribution is 6.30. The summed E-state index contributed by atoms with van der Waals surface area (Å²) in [6.45, 7) is 1.72. The normalized spacial score (nSPS) is 12.9. The third-order valence-electron chi connectivity index (χ3n) is 1.95. The Kier molecular flexibility index (Phi) is 3.13. The first-order valence-electron chi connectivity index (χ1n) is 4.02. The van der Waals surface area contributed by atoms with Crippen LogP contribution in [0.3, 0.4) is 0 Å². The first-order valence-corrected chi connectivity index (χ1v) is 4.40. The molecule has 6 heteroatoms. The van der Waals surface area contributed by atoms with E-state index >= 15 is 0 Å². The molecule has 0 saturated heterocycles. The second-order valence-corrected chi connectivity index (χ2v) is 3.39. The summed E-state index contributed by atoms with van der Waals surface area (Å²) < 4.78 is 1.45. The van der Waals surface area contributed by atoms with Gasteiger partial charge in [0.15, 0.2) is 6.10 Å². The molecule has 0 spiro atoms. The van der Waals surface area contributed by atoms with Crippen molar-refractivity contribution in [3.63, 3.8) is 0 Å². The highest BCUT2D eigenvalue weighted by Crippen LogP contribution is 2.20. The molecular formula is C8H11ClN2O3. The van der Waals surface area contributed by atoms with E-state index in [0.717, 1.165) is 0 Å². The van der Waals surface area contributed by atoms with E-state index in [1.807, 2.05) is 0 Å². The van der Waals surface area contributed by atoms with Gasteiger partial charge in [-0.25, -0.2) is 4.79 Å². The van der Waals surface area contributed by atoms with Crippen molar-refractivity contribution in [3.05, 3.63) is 16.4 Å². The molecule has 0 aromatic carbocycles. The van der Waals surface area contributed by atoms with Gasteiger partial charge in [0, 0.05) is 19.0 Å². The van der Waals surface area contributed by atoms with Crippen molar-refractivity contribution < 1.29 is 15.0 Å². The van der Waals surface area contributed by atoms with E-state index in [4.69, 9.17) is 21.8 Å². The lowest BCUT2D eigenvalue weighted by atomic mass is 10.1. The fourth-order valence-corrected chi connectivity index (χ4v) is 1.44. The van der Waals surface area contributed by atoms with E-state index in [9.17, 15) is 4.79 Å². The van der Waals surface area contributed by atoms with E-state index < -0.39 is 12.1 Å². The van der Waals surface area contributed by atoms with Crippen LogP contribution in [0.4, 0.5) is 0 Å². The molecule has 0 fully saturated rings. The molecule has 0 amide bonds. The summed E-state index contributed by atoms with van der Waals surface area (Å²) in [4.78, 5) is 10.4. The van der Waals surface area contributed by atoms with Crippen LogP contribution in [0.1, 0.15) is 11.3 Å². The number of hydrogen-bond acceptors (Lipinski definition) is 3. The summed E-state index contributed by atoms with van der Waals surface area (Å²) in [5, 5.41) is 22.0. The summed E-state index contributed by atoms with van der Waals surface area (Å²) in [5.41, 5.74) is 1.21. The van der Waals surface area contributed by atoms with Crippen LogP contribution in [-0.2, 0) is 18.3 Å². The van der Waals surface area contributed by atoms with Crippen LogP contribution in [0.2, 0.25) is 5.15 Å². The molecule has 1 heterocycles. The van der Waals surface area contributed by atoms with Gasteiger partial charge in [-0.1, -0.05) is 11.6 Å². The molecular weight excluding hydrogens is 208 g/mol. The number of carboxylic acid groups (broad SMARTS) is 1. The van der Waals surface area contributed by atoms with Crippen LogP contribution >= 0.6 is 11.6 Å². The number of aliphatic hydroxyl groups excluding tert-OH is 1. The van der Waals surface area contributed by atoms with Gasteiger partial charge in [0.1, 0.15) is 5.15 Å². The maximum absolute atomic E-state index is 10.4. The maximum Gasteiger partial charge on any atom is 0.332 e. The summed E-state index contributed by atoms with van der Waals surface area (Å²) in [7, 11) is 1.66. The van der Waals surface area contributed by atoms with Crippen molar-refractivity contribution in [2.24, 2.45) is 7.05 Å². The Morgan fingerprint density at radius 2 is 2.29 bits per heavy atom. The Bertz CT molecular complexity index is 362. The van der Waals surface area contributed by atoms with Gasteiger partial charge in [0.2, 0.25) is 0 Å². The van der Waals surface area contributed by atoms with Gasteiger partial charge < -0.3 is 10.2 Å². The fraction of sp³-hybridized carbons (Fsp3) is 0.500. The van der Waals surface area contributed by atoms with Crippen LogP contribution in [0.15, 0.2) is 0 Å². The summed E-state index contributed by atoms with van der Waals surface area (Å²) in [6, 6.07) is 0. The van der Waals surface area contributed by atoms with Gasteiger partial charge in [-0.15, -0.1) is 0 Å². The number of nitrogens with zero attached hydrogens (tertiary/aromatic N) is 2. The highest BCUT2D eigenvalue weighted by Gasteiger charge is 2.19. The van der Waals surface area contributed by atoms with Crippen molar-refractivity contribution in [2.45, 2.75) is 19.4 Å². The zero-order valence-corrected chi connectivity index (χ0v) is 8.62. The smallest absolute Gasteiger partial charge is 0.332 e. The second-order valence-electron chi connectivity index (χ2n) is 3.04. The molecule has 1 aromatic heterocycles. The fourth-order valence-electron chi connectivity index (χ4n) is 1.19. The quantitative estimate of drug-likeness (QED) is 0.769. The number of halogens is 1. The number of aliphatic hydroxyl groups is 1. The third kappa shape index (κ3) is 2.05. The number of hydrogen-bond donors (Lipinski definition) is 2. The molecule has 0 aliphatic rings. The molecule has 0 aliphatic heterocycles. The Balaban J connectivity index is 2.91. The Labute approximate surface area is 85.9 Å². The molecule has 0 radical (unpaired) electrons. The van der Waals surface area contributed by atoms with Crippen LogP contribution in [0.5, 0.6) is 0 Å². The van der Waals surface area contributed by atoms with Crippen LogP contribution < -0.4 is 0 Å². The van der Waals surface area contributed by atoms with E-state index in [-0.39, 0.29) is 6.42 Å². The minimum Gasteiger partial charge on any atom is -0.479 e. The lowest BCUT2D eigenvalue weighted by Crippen LogP contribution is -2.22. The van der Waals surface area contributed by atoms with E-state index in [0.29, 0.717) is 16.4 Å². The van der Waals surface area contributed by atoms with Crippen molar-refractivity contribution in [1.82, 2.24) is 9.78 Å². The monoisotopic (exact) mass is 218 g/mol. The van der Waals surface area contributed by atoms with Crippen molar-refractivity contribution in [2.75, 3.05) is 0 Å². The number of rotatable bonds is 3. The average molecular weight is 219 g/mol. The molecule has 5 nitrogen and oxygen atoms in total. The highest BCUT2D eigenvalue weighted by atomic mass is 35.5. The first kappa shape index (κ1) is 11.0. The van der Waals surface area contributed by atoms with Crippen LogP contribution in [0.25, 0.3) is 0 Å². The van der Waals surface area contributed by atoms with Gasteiger partial charge in [-0.3, -0.25) is 4.68 Å². The summed E-state index contributed by atoms with van der Waals surface area (Å²) >= 11 is 5.86. The van der Waals surface area contributed by atoms with E-state index in [1.165, 1.54) is 4.68 Å². The molecule has 1 unspecified atom stereocenters. The van der Waals surface area contributed by atoms with Crippen LogP contribution in [-0.4, -0.2) is 32.1 Å². The molecule has 1 atom stereocenters. The lowest BCUT2D eigenvalue weighted by molar-refractivity contribution is -0.146. The van der Waals surface area contributed by atoms with E-state index in [1.54, 1.807) is 14.0 Å². The van der Waals surface area contributed by atoms with Crippen molar-refractivity contribution in [3.8, 4) is 0 Å². The van der Waals surface area contributed by atoms with Crippen molar-refractivity contribution >= 4 is 17.6 Å². The second kappa shape index (κ2) is 3.98. The van der Waals surface area contributed by atoms with Gasteiger partial charge in [-0.2, -0.15) is 5.10 Å². The first-order chi connectivity index (χ1) is 6.43. The van der Waals surface area contributed by atoms with Crippen molar-refractivity contribution in [1.29, 1.82) is 0 Å². The largest absolute Gasteiger partial charge is 0.479 e. The molecule has 1 rings (SSSR count). The summed E-state index contributed by atoms with van der Waals surface area (Å²) in [5.74, 6) is -1.26. The molecule has 0 aliphatic carbocycles. The molecule has 0 bridgehead atoms. The van der Waals surface area contributed by atoms with Gasteiger partial charge in [0.25, 0.3) is 0 Å². The van der Waals surface area contributed by atoms with Gasteiger partial charge in [-0.05, 0) is 6.92 Å². The number of aromatic nitrogens is 2. The molecule has 2 N–H and O–H groups in total. The summed E-state index contributed by atoms with van der Waals surface area (Å²) in [6.07, 6.45) is -1.45. The number of aliphatic carboxylic acids is 1. The van der Waals surface area contributed by atoms with Gasteiger partial charge >= 0.3 is 5.97 Å². The minimum atomic E-state index is -1.43. The number of aryl methyl sites for hydroxylation is 2. The molecule has 78 valence electrons. The molecule has 14 heavy (non-hydrogen) atoms. The molecule has 0 saturated carbocycles. The molecule has 1 aromatic rings. The third-order valence-corrected chi connectivity index (χ3v) is 2.43. The van der Waals surface area contributed by atoms with Gasteiger partial charge in [0.05, 0.1) is 5.69 Å². The zero-order valence-electron chi connectivity index (χ0n) is 7.86. The predicted molar refractivity (Wildman–Crippen MR) is 50.3 cm³/mol. The predicted octanol–water partition coefficient (Wildman–Crippen LogP) is 0.370.